The van der Waals surface area contributed by atoms with Crippen molar-refractivity contribution in [3.05, 3.63) is 48.3 Å². The summed E-state index contributed by atoms with van der Waals surface area (Å²) in [5.41, 5.74) is 0.382. The summed E-state index contributed by atoms with van der Waals surface area (Å²) in [6.07, 6.45) is 3.41. The van der Waals surface area contributed by atoms with E-state index in [1.165, 1.54) is 7.11 Å². The van der Waals surface area contributed by atoms with Gasteiger partial charge in [0.2, 0.25) is 5.78 Å². The van der Waals surface area contributed by atoms with Crippen LogP contribution in [0.1, 0.15) is 24.8 Å². The van der Waals surface area contributed by atoms with Crippen LogP contribution in [0.5, 0.6) is 11.5 Å². The number of Topliss-reactive ketones (excluding diaryl/α,β-unsaturated/α-hetero) is 1. The van der Waals surface area contributed by atoms with Crippen LogP contribution in [0.15, 0.2) is 42.7 Å². The molecule has 3 rings (SSSR count). The molecule has 0 aromatic heterocycles. The molecule has 5 heteroatoms. The highest BCUT2D eigenvalue weighted by Crippen LogP contribution is 2.61. The zero-order chi connectivity index (χ0) is 19.1. The Morgan fingerprint density at radius 3 is 2.42 bits per heavy atom. The van der Waals surface area contributed by atoms with Gasteiger partial charge >= 0.3 is 0 Å². The fourth-order valence-corrected chi connectivity index (χ4v) is 4.78. The van der Waals surface area contributed by atoms with Gasteiger partial charge in [-0.15, -0.1) is 6.58 Å². The molecular formula is C21H26O5. The van der Waals surface area contributed by atoms with Crippen LogP contribution in [0.2, 0.25) is 0 Å². The zero-order valence-corrected chi connectivity index (χ0v) is 15.7. The van der Waals surface area contributed by atoms with E-state index in [9.17, 15) is 9.90 Å². The molecule has 5 nitrogen and oxygen atoms in total. The minimum absolute atomic E-state index is 0.0233. The predicted molar refractivity (Wildman–Crippen MR) is 98.3 cm³/mol. The third-order valence-corrected chi connectivity index (χ3v) is 6.12. The summed E-state index contributed by atoms with van der Waals surface area (Å²) in [5, 5.41) is 11.1. The first kappa shape index (κ1) is 18.5. The van der Waals surface area contributed by atoms with Crippen LogP contribution in [-0.4, -0.2) is 38.3 Å². The van der Waals surface area contributed by atoms with Crippen molar-refractivity contribution in [2.45, 2.75) is 25.4 Å². The van der Waals surface area contributed by atoms with E-state index < -0.39 is 17.4 Å². The quantitative estimate of drug-likeness (QED) is 0.792. The summed E-state index contributed by atoms with van der Waals surface area (Å²) >= 11 is 0. The van der Waals surface area contributed by atoms with E-state index in [0.717, 1.165) is 5.56 Å². The number of ketones is 1. The van der Waals surface area contributed by atoms with Crippen LogP contribution in [0.25, 0.3) is 0 Å². The second-order valence-corrected chi connectivity index (χ2v) is 7.08. The summed E-state index contributed by atoms with van der Waals surface area (Å²) in [5.74, 6) is 0.742. The maximum Gasteiger partial charge on any atom is 0.203 e. The number of rotatable bonds is 6. The summed E-state index contributed by atoms with van der Waals surface area (Å²) in [7, 11) is 4.67. The van der Waals surface area contributed by atoms with Crippen LogP contribution in [0, 0.1) is 17.3 Å². The summed E-state index contributed by atoms with van der Waals surface area (Å²) < 4.78 is 16.1. The molecule has 2 aliphatic carbocycles. The molecule has 0 heterocycles. The molecule has 140 valence electrons. The van der Waals surface area contributed by atoms with Crippen LogP contribution < -0.4 is 9.47 Å². The SMILES string of the molecule is C=CC[C@]12C=C(OC)C(=O)[C@H]([C@@H](c3ccc(OC)c(OC)c3)[C@@H]1C)[C@@H]2O. The number of aliphatic hydroxyl groups excluding tert-OH is 1. The van der Waals surface area contributed by atoms with Crippen LogP contribution >= 0.6 is 0 Å². The number of methoxy groups -OCH3 is 3. The Balaban J connectivity index is 2.13. The molecule has 2 bridgehead atoms. The number of hydrogen-bond donors (Lipinski definition) is 1. The fourth-order valence-electron chi connectivity index (χ4n) is 4.78. The lowest BCUT2D eigenvalue weighted by atomic mass is 9.70. The van der Waals surface area contributed by atoms with E-state index >= 15 is 0 Å². The Morgan fingerprint density at radius 2 is 1.85 bits per heavy atom. The highest BCUT2D eigenvalue weighted by Gasteiger charge is 2.62. The Bertz CT molecular complexity index is 753. The smallest absolute Gasteiger partial charge is 0.203 e. The van der Waals surface area contributed by atoms with E-state index in [4.69, 9.17) is 14.2 Å². The molecule has 0 aliphatic heterocycles. The van der Waals surface area contributed by atoms with Crippen molar-refractivity contribution >= 4 is 5.78 Å². The third-order valence-electron chi connectivity index (χ3n) is 6.12. The minimum Gasteiger partial charge on any atom is -0.493 e. The van der Waals surface area contributed by atoms with Gasteiger partial charge in [-0.2, -0.15) is 0 Å². The average Bonchev–Trinajstić information content (AvgIpc) is 2.80. The molecule has 0 radical (unpaired) electrons. The largest absolute Gasteiger partial charge is 0.493 e. The van der Waals surface area contributed by atoms with Crippen molar-refractivity contribution < 1.29 is 24.1 Å². The monoisotopic (exact) mass is 358 g/mol. The van der Waals surface area contributed by atoms with Gasteiger partial charge < -0.3 is 19.3 Å². The van der Waals surface area contributed by atoms with Crippen LogP contribution in [-0.2, 0) is 9.53 Å². The van der Waals surface area contributed by atoms with Crippen LogP contribution in [0.4, 0.5) is 0 Å². The molecule has 26 heavy (non-hydrogen) atoms. The molecule has 0 spiro atoms. The van der Waals surface area contributed by atoms with Gasteiger partial charge in [-0.25, -0.2) is 0 Å². The van der Waals surface area contributed by atoms with Gasteiger partial charge in [-0.3, -0.25) is 4.79 Å². The van der Waals surface area contributed by atoms with Gasteiger partial charge in [0, 0.05) is 11.3 Å². The number of allylic oxidation sites excluding steroid dienone is 2. The van der Waals surface area contributed by atoms with E-state index in [1.54, 1.807) is 20.3 Å². The Hall–Kier alpha value is -2.27. The molecule has 1 saturated carbocycles. The molecule has 0 unspecified atom stereocenters. The first-order chi connectivity index (χ1) is 12.4. The van der Waals surface area contributed by atoms with Gasteiger partial charge in [-0.05, 0) is 36.1 Å². The summed E-state index contributed by atoms with van der Waals surface area (Å²) in [6, 6.07) is 5.68. The Labute approximate surface area is 154 Å². The van der Waals surface area contributed by atoms with Crippen LogP contribution in [0.3, 0.4) is 0 Å². The topological polar surface area (TPSA) is 65.0 Å². The molecule has 1 N–H and O–H groups in total. The van der Waals surface area contributed by atoms with E-state index in [2.05, 4.69) is 13.5 Å². The first-order valence-corrected chi connectivity index (χ1v) is 8.77. The molecule has 0 amide bonds. The highest BCUT2D eigenvalue weighted by atomic mass is 16.5. The van der Waals surface area contributed by atoms with Gasteiger partial charge in [-0.1, -0.05) is 19.1 Å². The van der Waals surface area contributed by atoms with Gasteiger partial charge in [0.05, 0.1) is 33.4 Å². The highest BCUT2D eigenvalue weighted by molar-refractivity contribution is 5.98. The van der Waals surface area contributed by atoms with Crippen molar-refractivity contribution in [2.75, 3.05) is 21.3 Å². The lowest BCUT2D eigenvalue weighted by Gasteiger charge is -2.36. The number of fused-ring (bicyclic) bond motifs is 2. The van der Waals surface area contributed by atoms with Gasteiger partial charge in [0.15, 0.2) is 17.3 Å². The molecule has 1 aromatic carbocycles. The average molecular weight is 358 g/mol. The zero-order valence-electron chi connectivity index (χ0n) is 15.7. The molecule has 2 aliphatic rings. The second kappa shape index (κ2) is 6.80. The Morgan fingerprint density at radius 1 is 1.15 bits per heavy atom. The number of carbonyl (C=O) groups excluding carboxylic acids is 1. The van der Waals surface area contributed by atoms with Crippen molar-refractivity contribution in [1.29, 1.82) is 0 Å². The van der Waals surface area contributed by atoms with Crippen molar-refractivity contribution in [3.8, 4) is 11.5 Å². The maximum atomic E-state index is 12.9. The predicted octanol–water partition coefficient (Wildman–Crippen LogP) is 3.09. The van der Waals surface area contributed by atoms with Crippen molar-refractivity contribution in [3.63, 3.8) is 0 Å². The summed E-state index contributed by atoms with van der Waals surface area (Å²) in [6.45, 7) is 5.93. The minimum atomic E-state index is -0.778. The number of carbonyl (C=O) groups is 1. The molecular weight excluding hydrogens is 332 g/mol. The summed E-state index contributed by atoms with van der Waals surface area (Å²) in [4.78, 5) is 12.9. The number of hydrogen-bond acceptors (Lipinski definition) is 5. The van der Waals surface area contributed by atoms with E-state index in [-0.39, 0.29) is 17.6 Å². The van der Waals surface area contributed by atoms with Gasteiger partial charge in [0.1, 0.15) is 0 Å². The van der Waals surface area contributed by atoms with Crippen molar-refractivity contribution in [1.82, 2.24) is 0 Å². The number of benzene rings is 1. The lowest BCUT2D eigenvalue weighted by molar-refractivity contribution is -0.128. The molecule has 1 aromatic rings. The van der Waals surface area contributed by atoms with Gasteiger partial charge in [0.25, 0.3) is 0 Å². The molecule has 5 atom stereocenters. The normalized spacial score (nSPS) is 32.8. The van der Waals surface area contributed by atoms with Crippen molar-refractivity contribution in [2.24, 2.45) is 17.3 Å². The van der Waals surface area contributed by atoms with E-state index in [0.29, 0.717) is 23.7 Å². The standard InChI is InChI=1S/C21H26O5/c1-6-9-21-11-16(26-5)19(22)18(20(21)23)17(12(21)2)13-7-8-14(24-3)15(10-13)25-4/h6-8,10-12,17-18,20,23H,1,9H2,2-5H3/t12-,17+,18-,20-,21-/m0/s1. The fraction of sp³-hybridized carbons (Fsp3) is 0.476. The van der Waals surface area contributed by atoms with E-state index in [1.807, 2.05) is 24.3 Å². The second-order valence-electron chi connectivity index (χ2n) is 7.08. The Kier molecular flexibility index (Phi) is 4.84. The molecule has 1 fully saturated rings. The molecule has 0 saturated heterocycles. The third kappa shape index (κ3) is 2.45. The lowest BCUT2D eigenvalue weighted by Crippen LogP contribution is -2.42. The number of aliphatic hydroxyl groups is 1. The number of ether oxygens (including phenoxy) is 3. The first-order valence-electron chi connectivity index (χ1n) is 8.77. The maximum absolute atomic E-state index is 12.9.